The van der Waals surface area contributed by atoms with Crippen molar-refractivity contribution in [2.75, 3.05) is 13.2 Å². The van der Waals surface area contributed by atoms with Gasteiger partial charge in [0.15, 0.2) is 0 Å². The van der Waals surface area contributed by atoms with Crippen molar-refractivity contribution in [1.82, 2.24) is 5.32 Å². The van der Waals surface area contributed by atoms with Crippen LogP contribution in [0, 0.1) is 12.8 Å². The van der Waals surface area contributed by atoms with E-state index in [0.717, 1.165) is 16.3 Å². The second-order valence-electron chi connectivity index (χ2n) is 5.67. The summed E-state index contributed by atoms with van der Waals surface area (Å²) in [5.41, 5.74) is 6.92. The molecule has 2 rings (SSSR count). The van der Waals surface area contributed by atoms with E-state index >= 15 is 0 Å². The standard InChI is InChI=1S/C16H23ClN2O2/c1-11-9-13(6-7-14(11)17)21-8-2-3-16(20)19-10-15(18)12-4-5-12/h6-7,9,12,15H,2-5,8,10,18H2,1H3,(H,19,20). The Morgan fingerprint density at radius 2 is 2.29 bits per heavy atom. The number of benzene rings is 1. The molecular formula is C16H23ClN2O2. The molecule has 0 saturated heterocycles. The predicted octanol–water partition coefficient (Wildman–Crippen LogP) is 2.66. The highest BCUT2D eigenvalue weighted by Crippen LogP contribution is 2.31. The number of ether oxygens (including phenoxy) is 1. The number of rotatable bonds is 8. The molecule has 1 aliphatic carbocycles. The minimum Gasteiger partial charge on any atom is -0.494 e. The molecule has 1 unspecified atom stereocenters. The van der Waals surface area contributed by atoms with E-state index in [9.17, 15) is 4.79 Å². The molecule has 4 nitrogen and oxygen atoms in total. The van der Waals surface area contributed by atoms with E-state index in [-0.39, 0.29) is 11.9 Å². The Labute approximate surface area is 131 Å². The van der Waals surface area contributed by atoms with Gasteiger partial charge in [0.05, 0.1) is 6.61 Å². The molecule has 21 heavy (non-hydrogen) atoms. The first-order chi connectivity index (χ1) is 10.1. The summed E-state index contributed by atoms with van der Waals surface area (Å²) in [5.74, 6) is 1.44. The molecule has 0 aromatic heterocycles. The number of carbonyl (C=O) groups excluding carboxylic acids is 1. The number of aryl methyl sites for hydroxylation is 1. The Kier molecular flexibility index (Phi) is 5.88. The van der Waals surface area contributed by atoms with Gasteiger partial charge >= 0.3 is 0 Å². The summed E-state index contributed by atoms with van der Waals surface area (Å²) < 4.78 is 5.60. The summed E-state index contributed by atoms with van der Waals surface area (Å²) >= 11 is 5.95. The third kappa shape index (κ3) is 5.56. The van der Waals surface area contributed by atoms with Gasteiger partial charge in [0, 0.05) is 24.0 Å². The van der Waals surface area contributed by atoms with Crippen molar-refractivity contribution in [2.24, 2.45) is 11.7 Å². The molecular weight excluding hydrogens is 288 g/mol. The molecule has 1 atom stereocenters. The van der Waals surface area contributed by atoms with Gasteiger partial charge < -0.3 is 15.8 Å². The second kappa shape index (κ2) is 7.66. The molecule has 0 aliphatic heterocycles. The number of hydrogen-bond donors (Lipinski definition) is 2. The summed E-state index contributed by atoms with van der Waals surface area (Å²) in [6, 6.07) is 5.67. The zero-order valence-electron chi connectivity index (χ0n) is 12.4. The first-order valence-corrected chi connectivity index (χ1v) is 7.85. The third-order valence-corrected chi connectivity index (χ3v) is 4.13. The van der Waals surface area contributed by atoms with E-state index in [4.69, 9.17) is 22.1 Å². The van der Waals surface area contributed by atoms with Crippen LogP contribution in [0.5, 0.6) is 5.75 Å². The lowest BCUT2D eigenvalue weighted by Crippen LogP contribution is -2.38. The Bertz CT molecular complexity index is 489. The summed E-state index contributed by atoms with van der Waals surface area (Å²) in [6.07, 6.45) is 3.55. The minimum absolute atomic E-state index is 0.0435. The fourth-order valence-corrected chi connectivity index (χ4v) is 2.26. The van der Waals surface area contributed by atoms with Crippen LogP contribution in [-0.4, -0.2) is 25.1 Å². The van der Waals surface area contributed by atoms with Gasteiger partial charge in [0.2, 0.25) is 5.91 Å². The van der Waals surface area contributed by atoms with Gasteiger partial charge in [-0.2, -0.15) is 0 Å². The van der Waals surface area contributed by atoms with Gasteiger partial charge in [0.1, 0.15) is 5.75 Å². The number of carbonyl (C=O) groups is 1. The van der Waals surface area contributed by atoms with Crippen LogP contribution < -0.4 is 15.8 Å². The summed E-state index contributed by atoms with van der Waals surface area (Å²) in [7, 11) is 0. The SMILES string of the molecule is Cc1cc(OCCCC(=O)NCC(N)C2CC2)ccc1Cl. The highest BCUT2D eigenvalue weighted by molar-refractivity contribution is 6.31. The maximum atomic E-state index is 11.7. The minimum atomic E-state index is 0.0435. The van der Waals surface area contributed by atoms with Crippen LogP contribution in [0.15, 0.2) is 18.2 Å². The first kappa shape index (κ1) is 16.1. The van der Waals surface area contributed by atoms with Crippen LogP contribution in [0.25, 0.3) is 0 Å². The molecule has 3 N–H and O–H groups in total. The average Bonchev–Trinajstić information content (AvgIpc) is 3.29. The summed E-state index contributed by atoms with van der Waals surface area (Å²) in [5, 5.41) is 3.61. The monoisotopic (exact) mass is 310 g/mol. The molecule has 1 amide bonds. The Morgan fingerprint density at radius 1 is 1.52 bits per heavy atom. The fraction of sp³-hybridized carbons (Fsp3) is 0.562. The van der Waals surface area contributed by atoms with Gasteiger partial charge in [-0.25, -0.2) is 0 Å². The normalized spacial score (nSPS) is 15.6. The lowest BCUT2D eigenvalue weighted by molar-refractivity contribution is -0.121. The van der Waals surface area contributed by atoms with Crippen molar-refractivity contribution in [2.45, 2.75) is 38.6 Å². The van der Waals surface area contributed by atoms with Crippen molar-refractivity contribution < 1.29 is 9.53 Å². The van der Waals surface area contributed by atoms with Gasteiger partial charge in [-0.05, 0) is 55.9 Å². The lowest BCUT2D eigenvalue weighted by atomic mass is 10.2. The second-order valence-corrected chi connectivity index (χ2v) is 6.08. The van der Waals surface area contributed by atoms with Gasteiger partial charge in [0.25, 0.3) is 0 Å². The summed E-state index contributed by atoms with van der Waals surface area (Å²) in [4.78, 5) is 11.7. The van der Waals surface area contributed by atoms with E-state index in [0.29, 0.717) is 31.9 Å². The van der Waals surface area contributed by atoms with Crippen LogP contribution in [0.4, 0.5) is 0 Å². The van der Waals surface area contributed by atoms with Gasteiger partial charge in [-0.1, -0.05) is 11.6 Å². The van der Waals surface area contributed by atoms with E-state index in [1.807, 2.05) is 25.1 Å². The molecule has 1 aromatic rings. The molecule has 0 spiro atoms. The average molecular weight is 311 g/mol. The van der Waals surface area contributed by atoms with Gasteiger partial charge in [-0.15, -0.1) is 0 Å². The zero-order chi connectivity index (χ0) is 15.2. The fourth-order valence-electron chi connectivity index (χ4n) is 2.14. The maximum absolute atomic E-state index is 11.7. The molecule has 1 fully saturated rings. The van der Waals surface area contributed by atoms with Crippen molar-refractivity contribution in [3.63, 3.8) is 0 Å². The number of halogens is 1. The molecule has 0 heterocycles. The first-order valence-electron chi connectivity index (χ1n) is 7.47. The zero-order valence-corrected chi connectivity index (χ0v) is 13.2. The van der Waals surface area contributed by atoms with Crippen LogP contribution >= 0.6 is 11.6 Å². The Balaban J connectivity index is 1.58. The van der Waals surface area contributed by atoms with Crippen LogP contribution in [0.2, 0.25) is 5.02 Å². The van der Waals surface area contributed by atoms with Crippen molar-refractivity contribution in [3.05, 3.63) is 28.8 Å². The molecule has 5 heteroatoms. The maximum Gasteiger partial charge on any atom is 0.220 e. The van der Waals surface area contributed by atoms with Crippen LogP contribution in [0.1, 0.15) is 31.2 Å². The predicted molar refractivity (Wildman–Crippen MR) is 84.6 cm³/mol. The van der Waals surface area contributed by atoms with Crippen molar-refractivity contribution in [1.29, 1.82) is 0 Å². The Hall–Kier alpha value is -1.26. The number of hydrogen-bond acceptors (Lipinski definition) is 3. The molecule has 1 saturated carbocycles. The molecule has 1 aromatic carbocycles. The quantitative estimate of drug-likeness (QED) is 0.726. The highest BCUT2D eigenvalue weighted by Gasteiger charge is 2.28. The third-order valence-electron chi connectivity index (χ3n) is 3.71. The molecule has 0 radical (unpaired) electrons. The summed E-state index contributed by atoms with van der Waals surface area (Å²) in [6.45, 7) is 3.04. The topological polar surface area (TPSA) is 64.3 Å². The van der Waals surface area contributed by atoms with E-state index in [1.165, 1.54) is 12.8 Å². The molecule has 1 aliphatic rings. The van der Waals surface area contributed by atoms with Crippen molar-refractivity contribution in [3.8, 4) is 5.75 Å². The largest absolute Gasteiger partial charge is 0.494 e. The smallest absolute Gasteiger partial charge is 0.220 e. The Morgan fingerprint density at radius 3 is 2.95 bits per heavy atom. The van der Waals surface area contributed by atoms with E-state index in [2.05, 4.69) is 5.32 Å². The number of nitrogens with two attached hydrogens (primary N) is 1. The van der Waals surface area contributed by atoms with E-state index < -0.39 is 0 Å². The lowest BCUT2D eigenvalue weighted by Gasteiger charge is -2.11. The van der Waals surface area contributed by atoms with Crippen LogP contribution in [-0.2, 0) is 4.79 Å². The number of amides is 1. The molecule has 116 valence electrons. The number of nitrogens with one attached hydrogen (secondary N) is 1. The van der Waals surface area contributed by atoms with Crippen LogP contribution in [0.3, 0.4) is 0 Å². The van der Waals surface area contributed by atoms with Gasteiger partial charge in [-0.3, -0.25) is 4.79 Å². The van der Waals surface area contributed by atoms with E-state index in [1.54, 1.807) is 0 Å². The van der Waals surface area contributed by atoms with Crippen molar-refractivity contribution >= 4 is 17.5 Å². The highest BCUT2D eigenvalue weighted by atomic mass is 35.5. The molecule has 0 bridgehead atoms.